The SMILES string of the molecule is [Cl-].[Cl-].[Pt+2].c1ccc(-c2nnc(-c3ccco3)c(-c3ccco3)n2)nc1. The Kier molecular flexibility index (Phi) is 7.96. The van der Waals surface area contributed by atoms with E-state index in [0.717, 1.165) is 0 Å². The zero-order valence-corrected chi connectivity index (χ0v) is 16.2. The summed E-state index contributed by atoms with van der Waals surface area (Å²) in [5.74, 6) is 1.61. The molecule has 130 valence electrons. The first-order valence-electron chi connectivity index (χ1n) is 6.66. The number of aromatic nitrogens is 4. The first kappa shape index (κ1) is 21.0. The van der Waals surface area contributed by atoms with Gasteiger partial charge in [-0.05, 0) is 36.4 Å². The molecule has 0 radical (unpaired) electrons. The smallest absolute Gasteiger partial charge is 1.00 e. The number of rotatable bonds is 3. The average Bonchev–Trinajstić information content (AvgIpc) is 3.29. The van der Waals surface area contributed by atoms with Crippen molar-refractivity contribution in [2.45, 2.75) is 0 Å². The molecule has 0 aliphatic heterocycles. The Morgan fingerprint density at radius 1 is 0.720 bits per heavy atom. The Bertz CT molecular complexity index is 888. The predicted molar refractivity (Wildman–Crippen MR) is 78.5 cm³/mol. The molecule has 0 N–H and O–H groups in total. The minimum absolute atomic E-state index is 0. The van der Waals surface area contributed by atoms with Crippen LogP contribution in [0, 0.1) is 0 Å². The van der Waals surface area contributed by atoms with E-state index in [1.54, 1.807) is 36.9 Å². The maximum Gasteiger partial charge on any atom is 2.00 e. The molecule has 0 aliphatic rings. The molecule has 4 heterocycles. The largest absolute Gasteiger partial charge is 2.00 e. The Labute approximate surface area is 170 Å². The number of nitrogens with zero attached hydrogens (tertiary/aromatic N) is 4. The molecule has 0 amide bonds. The van der Waals surface area contributed by atoms with E-state index in [4.69, 9.17) is 8.83 Å². The molecule has 0 aliphatic carbocycles. The van der Waals surface area contributed by atoms with Gasteiger partial charge in [0.05, 0.1) is 12.5 Å². The van der Waals surface area contributed by atoms with E-state index in [1.165, 1.54) is 0 Å². The van der Waals surface area contributed by atoms with Crippen LogP contribution in [0.25, 0.3) is 34.4 Å². The van der Waals surface area contributed by atoms with Crippen LogP contribution in [0.5, 0.6) is 0 Å². The third-order valence-electron chi connectivity index (χ3n) is 3.09. The molecule has 25 heavy (non-hydrogen) atoms. The van der Waals surface area contributed by atoms with Crippen molar-refractivity contribution in [3.8, 4) is 34.4 Å². The number of furan rings is 2. The van der Waals surface area contributed by atoms with Gasteiger partial charge >= 0.3 is 21.1 Å². The summed E-state index contributed by atoms with van der Waals surface area (Å²) in [6, 6.07) is 12.7. The molecule has 6 nitrogen and oxygen atoms in total. The first-order valence-corrected chi connectivity index (χ1v) is 6.66. The third-order valence-corrected chi connectivity index (χ3v) is 3.09. The van der Waals surface area contributed by atoms with E-state index in [2.05, 4.69) is 20.2 Å². The maximum absolute atomic E-state index is 5.46. The fraction of sp³-hybridized carbons (Fsp3) is 0. The summed E-state index contributed by atoms with van der Waals surface area (Å²) in [4.78, 5) is 8.80. The maximum atomic E-state index is 5.46. The van der Waals surface area contributed by atoms with Gasteiger partial charge in [0.25, 0.3) is 0 Å². The minimum Gasteiger partial charge on any atom is -1.00 e. The standard InChI is InChI=1S/C16H10N4O2.2ClH.Pt/c1-2-8-17-11(5-1)16-18-14(12-6-3-9-21-12)15(19-20-16)13-7-4-10-22-13;;;/h1-10H;2*1H;/q;;;+2/p-2. The van der Waals surface area contributed by atoms with Gasteiger partial charge in [0.15, 0.2) is 17.2 Å². The molecule has 0 unspecified atom stereocenters. The quantitative estimate of drug-likeness (QED) is 0.277. The van der Waals surface area contributed by atoms with E-state index in [-0.39, 0.29) is 45.9 Å². The second-order valence-electron chi connectivity index (χ2n) is 4.50. The number of halogens is 2. The molecule has 4 rings (SSSR count). The van der Waals surface area contributed by atoms with Crippen LogP contribution in [0.3, 0.4) is 0 Å². The number of pyridine rings is 1. The topological polar surface area (TPSA) is 77.8 Å². The van der Waals surface area contributed by atoms with E-state index in [1.807, 2.05) is 24.3 Å². The molecule has 4 aromatic heterocycles. The van der Waals surface area contributed by atoms with Gasteiger partial charge in [-0.15, -0.1) is 10.2 Å². The van der Waals surface area contributed by atoms with Gasteiger partial charge in [0.1, 0.15) is 11.4 Å². The first-order chi connectivity index (χ1) is 10.9. The molecular weight excluding hydrogens is 546 g/mol. The van der Waals surface area contributed by atoms with Crippen molar-refractivity contribution >= 4 is 0 Å². The van der Waals surface area contributed by atoms with Crippen molar-refractivity contribution in [1.82, 2.24) is 20.2 Å². The van der Waals surface area contributed by atoms with Crippen LogP contribution < -0.4 is 24.8 Å². The van der Waals surface area contributed by atoms with Crippen LogP contribution in [0.2, 0.25) is 0 Å². The summed E-state index contributed by atoms with van der Waals surface area (Å²) in [7, 11) is 0. The van der Waals surface area contributed by atoms with Crippen LogP contribution in [0.4, 0.5) is 0 Å². The van der Waals surface area contributed by atoms with Crippen molar-refractivity contribution in [2.75, 3.05) is 0 Å². The molecular formula is C16H10Cl2N4O2Pt. The average molecular weight is 556 g/mol. The fourth-order valence-electron chi connectivity index (χ4n) is 2.09. The Morgan fingerprint density at radius 3 is 1.96 bits per heavy atom. The summed E-state index contributed by atoms with van der Waals surface area (Å²) in [6.07, 6.45) is 4.85. The van der Waals surface area contributed by atoms with Gasteiger partial charge < -0.3 is 33.6 Å². The van der Waals surface area contributed by atoms with Crippen molar-refractivity contribution < 1.29 is 54.7 Å². The zero-order chi connectivity index (χ0) is 14.8. The molecule has 0 saturated carbocycles. The van der Waals surface area contributed by atoms with E-state index >= 15 is 0 Å². The van der Waals surface area contributed by atoms with Crippen LogP contribution in [-0.2, 0) is 21.1 Å². The second kappa shape index (κ2) is 9.47. The van der Waals surface area contributed by atoms with Crippen LogP contribution >= 0.6 is 0 Å². The number of hydrogen-bond donors (Lipinski definition) is 0. The Balaban J connectivity index is 0.00000104. The molecule has 0 spiro atoms. The van der Waals surface area contributed by atoms with Crippen molar-refractivity contribution in [2.24, 2.45) is 0 Å². The molecule has 0 saturated heterocycles. The molecule has 4 aromatic rings. The predicted octanol–water partition coefficient (Wildman–Crippen LogP) is -2.54. The molecule has 0 aromatic carbocycles. The normalized spacial score (nSPS) is 9.44. The zero-order valence-electron chi connectivity index (χ0n) is 12.5. The van der Waals surface area contributed by atoms with Crippen molar-refractivity contribution in [3.05, 3.63) is 61.2 Å². The van der Waals surface area contributed by atoms with Gasteiger partial charge in [-0.1, -0.05) is 6.07 Å². The fourth-order valence-corrected chi connectivity index (χ4v) is 2.09. The summed E-state index contributed by atoms with van der Waals surface area (Å²) >= 11 is 0. The van der Waals surface area contributed by atoms with E-state index < -0.39 is 0 Å². The second-order valence-corrected chi connectivity index (χ2v) is 4.50. The minimum atomic E-state index is 0. The van der Waals surface area contributed by atoms with E-state index in [9.17, 15) is 0 Å². The Morgan fingerprint density at radius 2 is 1.40 bits per heavy atom. The van der Waals surface area contributed by atoms with Crippen molar-refractivity contribution in [3.63, 3.8) is 0 Å². The Hall–Kier alpha value is -2.01. The summed E-state index contributed by atoms with van der Waals surface area (Å²) in [5, 5.41) is 8.40. The van der Waals surface area contributed by atoms with Crippen molar-refractivity contribution in [1.29, 1.82) is 0 Å². The van der Waals surface area contributed by atoms with Gasteiger partial charge in [-0.25, -0.2) is 4.98 Å². The number of hydrogen-bond acceptors (Lipinski definition) is 6. The van der Waals surface area contributed by atoms with Gasteiger partial charge in [0, 0.05) is 6.20 Å². The van der Waals surface area contributed by atoms with Gasteiger partial charge in [-0.3, -0.25) is 4.98 Å². The molecule has 0 atom stereocenters. The molecule has 0 bridgehead atoms. The van der Waals surface area contributed by atoms with Crippen LogP contribution in [-0.4, -0.2) is 20.2 Å². The van der Waals surface area contributed by atoms with Gasteiger partial charge in [-0.2, -0.15) is 0 Å². The monoisotopic (exact) mass is 555 g/mol. The molecule has 0 fully saturated rings. The van der Waals surface area contributed by atoms with Gasteiger partial charge in [0.2, 0.25) is 5.82 Å². The summed E-state index contributed by atoms with van der Waals surface area (Å²) < 4.78 is 10.9. The third kappa shape index (κ3) is 4.34. The summed E-state index contributed by atoms with van der Waals surface area (Å²) in [6.45, 7) is 0. The summed E-state index contributed by atoms with van der Waals surface area (Å²) in [5.41, 5.74) is 1.74. The van der Waals surface area contributed by atoms with E-state index in [0.29, 0.717) is 34.4 Å². The van der Waals surface area contributed by atoms with Crippen LogP contribution in [0.1, 0.15) is 0 Å². The molecule has 9 heteroatoms. The van der Waals surface area contributed by atoms with Crippen LogP contribution in [0.15, 0.2) is 70.0 Å².